The number of nitrogens with one attached hydrogen (secondary N) is 1. The molecule has 21 heavy (non-hydrogen) atoms. The zero-order chi connectivity index (χ0) is 15.6. The van der Waals surface area contributed by atoms with Gasteiger partial charge in [-0.1, -0.05) is 13.8 Å². The molecule has 118 valence electrons. The number of aromatic nitrogens is 2. The van der Waals surface area contributed by atoms with Crippen molar-refractivity contribution in [3.05, 3.63) is 17.0 Å². The molecule has 0 radical (unpaired) electrons. The third kappa shape index (κ3) is 3.64. The van der Waals surface area contributed by atoms with Gasteiger partial charge in [-0.3, -0.25) is 9.48 Å². The Bertz CT molecular complexity index is 499. The van der Waals surface area contributed by atoms with E-state index in [1.54, 1.807) is 0 Å². The van der Waals surface area contributed by atoms with E-state index >= 15 is 0 Å². The lowest BCUT2D eigenvalue weighted by atomic mass is 10.0. The van der Waals surface area contributed by atoms with Gasteiger partial charge in [0.15, 0.2) is 0 Å². The first-order valence-electron chi connectivity index (χ1n) is 7.91. The van der Waals surface area contributed by atoms with Crippen LogP contribution in [0.1, 0.15) is 43.6 Å². The van der Waals surface area contributed by atoms with Crippen molar-refractivity contribution >= 4 is 5.91 Å². The van der Waals surface area contributed by atoms with Crippen molar-refractivity contribution in [2.45, 2.75) is 53.1 Å². The largest absolute Gasteiger partial charge is 0.342 e. The summed E-state index contributed by atoms with van der Waals surface area (Å²) in [6, 6.07) is 0.500. The second kappa shape index (κ2) is 6.60. The number of hydrogen-bond donors (Lipinski definition) is 1. The lowest BCUT2D eigenvalue weighted by Crippen LogP contribution is -2.46. The van der Waals surface area contributed by atoms with E-state index in [9.17, 15) is 4.79 Å². The summed E-state index contributed by atoms with van der Waals surface area (Å²) in [6.45, 7) is 10.7. The number of carbonyl (C=O) groups excluding carboxylic acids is 1. The molecule has 1 fully saturated rings. The standard InChI is InChI=1S/C16H28N4O/c1-11(2)16(21)20-8-6-14(7-9-20)17-10-15-12(3)18-19(5)13(15)4/h11,14,17H,6-10H2,1-5H3. The monoisotopic (exact) mass is 292 g/mol. The molecule has 1 N–H and O–H groups in total. The van der Waals surface area contributed by atoms with Crippen molar-refractivity contribution in [3.63, 3.8) is 0 Å². The minimum Gasteiger partial charge on any atom is -0.342 e. The molecule has 5 heteroatoms. The van der Waals surface area contributed by atoms with Gasteiger partial charge in [-0.25, -0.2) is 0 Å². The molecule has 1 aliphatic heterocycles. The molecule has 2 heterocycles. The molecule has 1 aliphatic rings. The average Bonchev–Trinajstić information content (AvgIpc) is 2.70. The molecule has 0 atom stereocenters. The van der Waals surface area contributed by atoms with Gasteiger partial charge in [0.05, 0.1) is 5.69 Å². The van der Waals surface area contributed by atoms with Crippen LogP contribution < -0.4 is 5.32 Å². The molecule has 0 aliphatic carbocycles. The van der Waals surface area contributed by atoms with E-state index in [0.717, 1.165) is 38.2 Å². The summed E-state index contributed by atoms with van der Waals surface area (Å²) in [5.74, 6) is 0.391. The Balaban J connectivity index is 1.83. The average molecular weight is 292 g/mol. The molecule has 5 nitrogen and oxygen atoms in total. The van der Waals surface area contributed by atoms with Crippen LogP contribution in [0.5, 0.6) is 0 Å². The van der Waals surface area contributed by atoms with Crippen LogP contribution in [0.3, 0.4) is 0 Å². The highest BCUT2D eigenvalue weighted by Gasteiger charge is 2.24. The van der Waals surface area contributed by atoms with Gasteiger partial charge in [0.2, 0.25) is 5.91 Å². The van der Waals surface area contributed by atoms with E-state index in [1.807, 2.05) is 30.5 Å². The number of rotatable bonds is 4. The Morgan fingerprint density at radius 2 is 1.95 bits per heavy atom. The molecule has 0 spiro atoms. The van der Waals surface area contributed by atoms with Crippen molar-refractivity contribution < 1.29 is 4.79 Å². The molecule has 0 aromatic carbocycles. The maximum Gasteiger partial charge on any atom is 0.225 e. The zero-order valence-corrected chi connectivity index (χ0v) is 13.9. The van der Waals surface area contributed by atoms with Crippen molar-refractivity contribution in [1.29, 1.82) is 0 Å². The van der Waals surface area contributed by atoms with Gasteiger partial charge < -0.3 is 10.2 Å². The predicted octanol–water partition coefficient (Wildman–Crippen LogP) is 1.77. The van der Waals surface area contributed by atoms with E-state index in [2.05, 4.69) is 24.3 Å². The van der Waals surface area contributed by atoms with Crippen LogP contribution in [0.4, 0.5) is 0 Å². The lowest BCUT2D eigenvalue weighted by Gasteiger charge is -2.33. The summed E-state index contributed by atoms with van der Waals surface area (Å²) < 4.78 is 1.94. The van der Waals surface area contributed by atoms with Gasteiger partial charge in [-0.05, 0) is 26.7 Å². The molecule has 1 aromatic rings. The van der Waals surface area contributed by atoms with Gasteiger partial charge in [-0.15, -0.1) is 0 Å². The first-order valence-corrected chi connectivity index (χ1v) is 7.91. The van der Waals surface area contributed by atoms with Crippen molar-refractivity contribution in [2.24, 2.45) is 13.0 Å². The molecule has 1 aromatic heterocycles. The summed E-state index contributed by atoms with van der Waals surface area (Å²) >= 11 is 0. The van der Waals surface area contributed by atoms with E-state index in [4.69, 9.17) is 0 Å². The Morgan fingerprint density at radius 3 is 2.43 bits per heavy atom. The Labute approximate surface area is 127 Å². The quantitative estimate of drug-likeness (QED) is 0.920. The number of carbonyl (C=O) groups is 1. The van der Waals surface area contributed by atoms with E-state index in [-0.39, 0.29) is 11.8 Å². The molecule has 0 saturated carbocycles. The maximum atomic E-state index is 12.0. The first kappa shape index (κ1) is 16.0. The van der Waals surface area contributed by atoms with Crippen LogP contribution >= 0.6 is 0 Å². The summed E-state index contributed by atoms with van der Waals surface area (Å²) in [4.78, 5) is 14.0. The molecule has 2 rings (SSSR count). The van der Waals surface area contributed by atoms with Gasteiger partial charge in [0, 0.05) is 49.9 Å². The van der Waals surface area contributed by atoms with E-state index in [0.29, 0.717) is 6.04 Å². The second-order valence-corrected chi connectivity index (χ2v) is 6.41. The van der Waals surface area contributed by atoms with Gasteiger partial charge >= 0.3 is 0 Å². The van der Waals surface area contributed by atoms with Crippen LogP contribution in [0.25, 0.3) is 0 Å². The molecule has 0 unspecified atom stereocenters. The molecule has 1 amide bonds. The smallest absolute Gasteiger partial charge is 0.225 e. The SMILES string of the molecule is Cc1nn(C)c(C)c1CNC1CCN(C(=O)C(C)C)CC1. The van der Waals surface area contributed by atoms with E-state index in [1.165, 1.54) is 11.3 Å². The van der Waals surface area contributed by atoms with Crippen molar-refractivity contribution in [2.75, 3.05) is 13.1 Å². The third-order valence-corrected chi connectivity index (χ3v) is 4.53. The maximum absolute atomic E-state index is 12.0. The first-order chi connectivity index (χ1) is 9.90. The minimum atomic E-state index is 0.107. The third-order valence-electron chi connectivity index (χ3n) is 4.53. The van der Waals surface area contributed by atoms with Crippen LogP contribution in [0, 0.1) is 19.8 Å². The van der Waals surface area contributed by atoms with Crippen LogP contribution in [0.15, 0.2) is 0 Å². The van der Waals surface area contributed by atoms with Gasteiger partial charge in [-0.2, -0.15) is 5.10 Å². The normalized spacial score (nSPS) is 16.8. The molecule has 0 bridgehead atoms. The number of hydrogen-bond acceptors (Lipinski definition) is 3. The number of piperidine rings is 1. The van der Waals surface area contributed by atoms with Crippen molar-refractivity contribution in [1.82, 2.24) is 20.0 Å². The summed E-state index contributed by atoms with van der Waals surface area (Å²) in [5, 5.41) is 8.08. The number of aryl methyl sites for hydroxylation is 2. The highest BCUT2D eigenvalue weighted by Crippen LogP contribution is 2.16. The number of amides is 1. The Kier molecular flexibility index (Phi) is 5.04. The highest BCUT2D eigenvalue weighted by atomic mass is 16.2. The summed E-state index contributed by atoms with van der Waals surface area (Å²) in [5.41, 5.74) is 3.64. The van der Waals surface area contributed by atoms with Crippen LogP contribution in [-0.4, -0.2) is 39.7 Å². The lowest BCUT2D eigenvalue weighted by molar-refractivity contribution is -0.135. The zero-order valence-electron chi connectivity index (χ0n) is 13.9. The van der Waals surface area contributed by atoms with Gasteiger partial charge in [0.1, 0.15) is 0 Å². The number of nitrogens with zero attached hydrogens (tertiary/aromatic N) is 3. The topological polar surface area (TPSA) is 50.2 Å². The minimum absolute atomic E-state index is 0.107. The number of likely N-dealkylation sites (tertiary alicyclic amines) is 1. The fraction of sp³-hybridized carbons (Fsp3) is 0.750. The predicted molar refractivity (Wildman–Crippen MR) is 84.0 cm³/mol. The van der Waals surface area contributed by atoms with Crippen molar-refractivity contribution in [3.8, 4) is 0 Å². The fourth-order valence-electron chi connectivity index (χ4n) is 2.99. The molecular weight excluding hydrogens is 264 g/mol. The highest BCUT2D eigenvalue weighted by molar-refractivity contribution is 5.78. The molecular formula is C16H28N4O. The van der Waals surface area contributed by atoms with Crippen LogP contribution in [0.2, 0.25) is 0 Å². The summed E-state index contributed by atoms with van der Waals surface area (Å²) in [6.07, 6.45) is 2.08. The second-order valence-electron chi connectivity index (χ2n) is 6.41. The van der Waals surface area contributed by atoms with E-state index < -0.39 is 0 Å². The Hall–Kier alpha value is -1.36. The Morgan fingerprint density at radius 1 is 1.33 bits per heavy atom. The van der Waals surface area contributed by atoms with Crippen LogP contribution in [-0.2, 0) is 18.4 Å². The molecule has 1 saturated heterocycles. The fourth-order valence-corrected chi connectivity index (χ4v) is 2.99. The summed E-state index contributed by atoms with van der Waals surface area (Å²) in [7, 11) is 1.99. The van der Waals surface area contributed by atoms with Gasteiger partial charge in [0.25, 0.3) is 0 Å².